The number of hydrogen-bond acceptors (Lipinski definition) is 2. The predicted molar refractivity (Wildman–Crippen MR) is 55.8 cm³/mol. The first-order chi connectivity index (χ1) is 6.86. The number of methoxy groups -OCH3 is 1. The summed E-state index contributed by atoms with van der Waals surface area (Å²) in [7, 11) is 1.69. The van der Waals surface area contributed by atoms with Crippen molar-refractivity contribution in [3.8, 4) is 5.75 Å². The number of rotatable bonds is 2. The van der Waals surface area contributed by atoms with Crippen LogP contribution >= 0.6 is 0 Å². The van der Waals surface area contributed by atoms with E-state index in [4.69, 9.17) is 4.74 Å². The van der Waals surface area contributed by atoms with Crippen LogP contribution < -0.4 is 4.74 Å². The molecule has 0 spiro atoms. The van der Waals surface area contributed by atoms with Crippen LogP contribution in [0.5, 0.6) is 5.75 Å². The van der Waals surface area contributed by atoms with Gasteiger partial charge < -0.3 is 9.84 Å². The summed E-state index contributed by atoms with van der Waals surface area (Å²) in [6.45, 7) is 0.230. The average molecular weight is 192 g/mol. The average Bonchev–Trinajstić information content (AvgIpc) is 2.27. The van der Waals surface area contributed by atoms with Gasteiger partial charge in [-0.15, -0.1) is 0 Å². The Bertz CT molecular complexity index is 306. The summed E-state index contributed by atoms with van der Waals surface area (Å²) >= 11 is 0. The van der Waals surface area contributed by atoms with E-state index in [1.165, 1.54) is 17.5 Å². The maximum atomic E-state index is 9.30. The van der Waals surface area contributed by atoms with Crippen molar-refractivity contribution >= 4 is 0 Å². The van der Waals surface area contributed by atoms with Crippen LogP contribution in [0.2, 0.25) is 0 Å². The van der Waals surface area contributed by atoms with Crippen molar-refractivity contribution < 1.29 is 9.84 Å². The summed E-state index contributed by atoms with van der Waals surface area (Å²) in [6.07, 6.45) is 3.36. The summed E-state index contributed by atoms with van der Waals surface area (Å²) < 4.78 is 5.33. The highest BCUT2D eigenvalue weighted by atomic mass is 16.5. The van der Waals surface area contributed by atoms with Gasteiger partial charge in [0.05, 0.1) is 13.7 Å². The number of hydrogen-bond donors (Lipinski definition) is 1. The standard InChI is InChI=1S/C12H16O2/c1-14-11-7-3-5-9-4-2-6-10(8-13)12(9)11/h3,5,7,10,13H,2,4,6,8H2,1H3. The van der Waals surface area contributed by atoms with Crippen molar-refractivity contribution in [3.63, 3.8) is 0 Å². The van der Waals surface area contributed by atoms with Crippen LogP contribution in [0.25, 0.3) is 0 Å². The largest absolute Gasteiger partial charge is 0.496 e. The van der Waals surface area contributed by atoms with Gasteiger partial charge in [0.1, 0.15) is 5.75 Å². The van der Waals surface area contributed by atoms with Crippen LogP contribution in [-0.4, -0.2) is 18.8 Å². The van der Waals surface area contributed by atoms with Gasteiger partial charge in [-0.3, -0.25) is 0 Å². The van der Waals surface area contributed by atoms with Gasteiger partial charge in [-0.1, -0.05) is 12.1 Å². The summed E-state index contributed by atoms with van der Waals surface area (Å²) in [5.41, 5.74) is 2.57. The quantitative estimate of drug-likeness (QED) is 0.777. The van der Waals surface area contributed by atoms with Gasteiger partial charge in [-0.05, 0) is 30.9 Å². The van der Waals surface area contributed by atoms with Crippen molar-refractivity contribution in [2.45, 2.75) is 25.2 Å². The van der Waals surface area contributed by atoms with E-state index < -0.39 is 0 Å². The molecule has 2 nitrogen and oxygen atoms in total. The first kappa shape index (κ1) is 9.53. The molecule has 2 heteroatoms. The smallest absolute Gasteiger partial charge is 0.122 e. The van der Waals surface area contributed by atoms with E-state index in [0.29, 0.717) is 0 Å². The molecule has 1 atom stereocenters. The molecule has 1 aromatic rings. The van der Waals surface area contributed by atoms with Crippen molar-refractivity contribution in [3.05, 3.63) is 29.3 Å². The van der Waals surface area contributed by atoms with E-state index in [1.807, 2.05) is 12.1 Å². The van der Waals surface area contributed by atoms with Crippen molar-refractivity contribution in [1.82, 2.24) is 0 Å². The molecule has 1 aliphatic carbocycles. The highest BCUT2D eigenvalue weighted by Gasteiger charge is 2.22. The lowest BCUT2D eigenvalue weighted by Crippen LogP contribution is -2.14. The van der Waals surface area contributed by atoms with Crippen molar-refractivity contribution in [1.29, 1.82) is 0 Å². The monoisotopic (exact) mass is 192 g/mol. The molecule has 76 valence electrons. The number of ether oxygens (including phenoxy) is 1. The maximum absolute atomic E-state index is 9.30. The molecule has 0 bridgehead atoms. The number of aliphatic hydroxyl groups is 1. The van der Waals surface area contributed by atoms with Crippen LogP contribution in [-0.2, 0) is 6.42 Å². The summed E-state index contributed by atoms with van der Waals surface area (Å²) in [5.74, 6) is 1.20. The van der Waals surface area contributed by atoms with Crippen LogP contribution in [0.1, 0.15) is 29.9 Å². The van der Waals surface area contributed by atoms with Gasteiger partial charge >= 0.3 is 0 Å². The zero-order valence-electron chi connectivity index (χ0n) is 8.49. The lowest BCUT2D eigenvalue weighted by atomic mass is 9.83. The molecule has 0 heterocycles. The maximum Gasteiger partial charge on any atom is 0.122 e. The third-order valence-corrected chi connectivity index (χ3v) is 3.00. The molecule has 0 saturated carbocycles. The molecule has 0 radical (unpaired) electrons. The number of aliphatic hydroxyl groups excluding tert-OH is 1. The first-order valence-electron chi connectivity index (χ1n) is 5.13. The van der Waals surface area contributed by atoms with E-state index >= 15 is 0 Å². The topological polar surface area (TPSA) is 29.5 Å². The van der Waals surface area contributed by atoms with E-state index in [1.54, 1.807) is 7.11 Å². The van der Waals surface area contributed by atoms with E-state index in [2.05, 4.69) is 6.07 Å². The SMILES string of the molecule is COc1cccc2c1C(CO)CCC2. The zero-order chi connectivity index (χ0) is 9.97. The van der Waals surface area contributed by atoms with Crippen LogP contribution in [0, 0.1) is 0 Å². The first-order valence-corrected chi connectivity index (χ1v) is 5.13. The van der Waals surface area contributed by atoms with Gasteiger partial charge in [0.25, 0.3) is 0 Å². The Morgan fingerprint density at radius 3 is 3.07 bits per heavy atom. The fraction of sp³-hybridized carbons (Fsp3) is 0.500. The number of aryl methyl sites for hydroxylation is 1. The van der Waals surface area contributed by atoms with Crippen molar-refractivity contribution in [2.24, 2.45) is 0 Å². The lowest BCUT2D eigenvalue weighted by molar-refractivity contribution is 0.249. The molecule has 1 unspecified atom stereocenters. The highest BCUT2D eigenvalue weighted by molar-refractivity contribution is 5.44. The molecule has 1 N–H and O–H groups in total. The van der Waals surface area contributed by atoms with Gasteiger partial charge in [0.15, 0.2) is 0 Å². The molecule has 1 aliphatic rings. The van der Waals surface area contributed by atoms with E-state index in [0.717, 1.165) is 18.6 Å². The van der Waals surface area contributed by atoms with Gasteiger partial charge in [-0.25, -0.2) is 0 Å². The molecule has 0 fully saturated rings. The number of fused-ring (bicyclic) bond motifs is 1. The third-order valence-electron chi connectivity index (χ3n) is 3.00. The molecule has 0 aromatic heterocycles. The van der Waals surface area contributed by atoms with E-state index in [-0.39, 0.29) is 12.5 Å². The fourth-order valence-electron chi connectivity index (χ4n) is 2.31. The lowest BCUT2D eigenvalue weighted by Gasteiger charge is -2.25. The van der Waals surface area contributed by atoms with Crippen LogP contribution in [0.4, 0.5) is 0 Å². The zero-order valence-corrected chi connectivity index (χ0v) is 8.49. The minimum absolute atomic E-state index is 0.230. The Kier molecular flexibility index (Phi) is 2.73. The Morgan fingerprint density at radius 1 is 1.50 bits per heavy atom. The third kappa shape index (κ3) is 1.50. The molecule has 1 aromatic carbocycles. The minimum atomic E-state index is 0.230. The molecule has 0 saturated heterocycles. The van der Waals surface area contributed by atoms with Gasteiger partial charge in [-0.2, -0.15) is 0 Å². The second kappa shape index (κ2) is 4.01. The molecule has 14 heavy (non-hydrogen) atoms. The van der Waals surface area contributed by atoms with E-state index in [9.17, 15) is 5.11 Å². The summed E-state index contributed by atoms with van der Waals surface area (Å²) in [4.78, 5) is 0. The Hall–Kier alpha value is -1.02. The minimum Gasteiger partial charge on any atom is -0.496 e. The van der Waals surface area contributed by atoms with Crippen molar-refractivity contribution in [2.75, 3.05) is 13.7 Å². The Balaban J connectivity index is 2.46. The molecular weight excluding hydrogens is 176 g/mol. The second-order valence-electron chi connectivity index (χ2n) is 3.80. The van der Waals surface area contributed by atoms with Crippen LogP contribution in [0.15, 0.2) is 18.2 Å². The number of benzene rings is 1. The fourth-order valence-corrected chi connectivity index (χ4v) is 2.31. The molecule has 2 rings (SSSR count). The molecule has 0 aliphatic heterocycles. The van der Waals surface area contributed by atoms with Crippen LogP contribution in [0.3, 0.4) is 0 Å². The molecule has 0 amide bonds. The highest BCUT2D eigenvalue weighted by Crippen LogP contribution is 2.37. The second-order valence-corrected chi connectivity index (χ2v) is 3.80. The summed E-state index contributed by atoms with van der Waals surface area (Å²) in [5, 5.41) is 9.30. The normalized spacial score (nSPS) is 20.3. The molecular formula is C12H16O2. The summed E-state index contributed by atoms with van der Waals surface area (Å²) in [6, 6.07) is 6.14. The van der Waals surface area contributed by atoms with Gasteiger partial charge in [0, 0.05) is 11.5 Å². The van der Waals surface area contributed by atoms with Gasteiger partial charge in [0.2, 0.25) is 0 Å². The Morgan fingerprint density at radius 2 is 2.36 bits per heavy atom. The Labute approximate surface area is 84.5 Å². The predicted octanol–water partition coefficient (Wildman–Crippen LogP) is 2.11.